The van der Waals surface area contributed by atoms with E-state index in [0.29, 0.717) is 13.2 Å². The molecule has 0 aliphatic carbocycles. The van der Waals surface area contributed by atoms with Crippen LogP contribution >= 0.6 is 11.8 Å². The lowest BCUT2D eigenvalue weighted by Gasteiger charge is -2.51. The molecule has 318 valence electrons. The Hall–Kier alpha value is -4.60. The van der Waals surface area contributed by atoms with Gasteiger partial charge in [-0.3, -0.25) is 0 Å². The lowest BCUT2D eigenvalue weighted by Crippen LogP contribution is -2.66. The summed E-state index contributed by atoms with van der Waals surface area (Å²) in [6.07, 6.45) is -4.71. The highest BCUT2D eigenvalue weighted by atomic mass is 32.2. The SMILES string of the molecule is CS[C@@H]1O[C@H](COCc2ccccc2)[C@@H](O[C@@H]2O[C@@H]3CO[C@@H](c4ccccc4)O[C@H]3[C@H](OCc3ccccc3)[C@@H]2N=[N+]=[N-])[C@H](OCc2ccccc2)[C@H]1OCc1ccccc1. The molecule has 0 radical (unpaired) electrons. The van der Waals surface area contributed by atoms with Crippen molar-refractivity contribution in [3.8, 4) is 0 Å². The van der Waals surface area contributed by atoms with Crippen LogP contribution in [0.2, 0.25) is 0 Å². The third kappa shape index (κ3) is 11.3. The van der Waals surface area contributed by atoms with Crippen molar-refractivity contribution in [3.05, 3.63) is 190 Å². The number of hydrogen-bond acceptors (Lipinski definition) is 11. The Labute approximate surface area is 360 Å². The topological polar surface area (TPSA) is 132 Å². The van der Waals surface area contributed by atoms with Crippen LogP contribution in [0.1, 0.15) is 34.1 Å². The molecule has 0 spiro atoms. The predicted molar refractivity (Wildman–Crippen MR) is 230 cm³/mol. The minimum Gasteiger partial charge on any atom is -0.374 e. The molecule has 11 atom stereocenters. The summed E-state index contributed by atoms with van der Waals surface area (Å²) in [7, 11) is 0. The first-order chi connectivity index (χ1) is 30.2. The molecule has 61 heavy (non-hydrogen) atoms. The van der Waals surface area contributed by atoms with Gasteiger partial charge in [-0.25, -0.2) is 0 Å². The highest BCUT2D eigenvalue weighted by molar-refractivity contribution is 7.99. The van der Waals surface area contributed by atoms with Crippen LogP contribution in [0.25, 0.3) is 10.4 Å². The van der Waals surface area contributed by atoms with Gasteiger partial charge in [0.1, 0.15) is 54.2 Å². The van der Waals surface area contributed by atoms with Gasteiger partial charge in [-0.2, -0.15) is 0 Å². The molecule has 0 amide bonds. The molecule has 0 aromatic heterocycles. The number of nitrogens with zero attached hydrogens (tertiary/aromatic N) is 3. The van der Waals surface area contributed by atoms with Crippen LogP contribution in [0.15, 0.2) is 157 Å². The Bertz CT molecular complexity index is 2090. The van der Waals surface area contributed by atoms with Crippen LogP contribution in [-0.2, 0) is 69.1 Å². The molecular weight excluding hydrogens is 795 g/mol. The van der Waals surface area contributed by atoms with E-state index >= 15 is 0 Å². The quantitative estimate of drug-likeness (QED) is 0.0479. The zero-order chi connectivity index (χ0) is 41.6. The zero-order valence-electron chi connectivity index (χ0n) is 34.0. The molecule has 3 aliphatic heterocycles. The maximum absolute atomic E-state index is 10.1. The summed E-state index contributed by atoms with van der Waals surface area (Å²) in [5, 5.41) is 4.32. The summed E-state index contributed by atoms with van der Waals surface area (Å²) in [6.45, 7) is 1.52. The van der Waals surface area contributed by atoms with Gasteiger partial charge < -0.3 is 42.6 Å². The van der Waals surface area contributed by atoms with E-state index in [0.717, 1.165) is 27.8 Å². The molecule has 3 heterocycles. The molecule has 0 saturated carbocycles. The van der Waals surface area contributed by atoms with Gasteiger partial charge in [0.25, 0.3) is 0 Å². The molecule has 0 N–H and O–H groups in total. The Kier molecular flexibility index (Phi) is 15.5. The Morgan fingerprint density at radius 2 is 1.11 bits per heavy atom. The highest BCUT2D eigenvalue weighted by Gasteiger charge is 2.55. The van der Waals surface area contributed by atoms with Crippen molar-refractivity contribution in [2.45, 2.75) is 93.2 Å². The normalized spacial score (nSPS) is 28.6. The predicted octanol–water partition coefficient (Wildman–Crippen LogP) is 8.95. The van der Waals surface area contributed by atoms with Crippen molar-refractivity contribution in [2.24, 2.45) is 5.11 Å². The smallest absolute Gasteiger partial charge is 0.184 e. The van der Waals surface area contributed by atoms with Crippen molar-refractivity contribution in [2.75, 3.05) is 19.5 Å². The molecular formula is C48H51N3O9S. The summed E-state index contributed by atoms with van der Waals surface area (Å²) in [4.78, 5) is 3.31. The first-order valence-corrected chi connectivity index (χ1v) is 21.9. The van der Waals surface area contributed by atoms with Crippen molar-refractivity contribution < 1.29 is 42.6 Å². The largest absolute Gasteiger partial charge is 0.374 e. The van der Waals surface area contributed by atoms with Crippen LogP contribution in [0.4, 0.5) is 0 Å². The minimum absolute atomic E-state index is 0.164. The number of benzene rings is 5. The van der Waals surface area contributed by atoms with E-state index in [-0.39, 0.29) is 26.4 Å². The third-order valence-corrected chi connectivity index (χ3v) is 11.8. The molecule has 0 unspecified atom stereocenters. The van der Waals surface area contributed by atoms with Crippen molar-refractivity contribution >= 4 is 11.8 Å². The summed E-state index contributed by atoms with van der Waals surface area (Å²) < 4.78 is 60.4. The molecule has 12 nitrogen and oxygen atoms in total. The van der Waals surface area contributed by atoms with E-state index in [1.165, 1.54) is 11.8 Å². The number of fused-ring (bicyclic) bond motifs is 1. The number of azide groups is 1. The number of thioether (sulfide) groups is 1. The summed E-state index contributed by atoms with van der Waals surface area (Å²) >= 11 is 1.53. The van der Waals surface area contributed by atoms with Gasteiger partial charge in [0, 0.05) is 10.5 Å². The average Bonchev–Trinajstić information content (AvgIpc) is 3.32. The second kappa shape index (κ2) is 22.0. The van der Waals surface area contributed by atoms with E-state index in [4.69, 9.17) is 42.6 Å². The van der Waals surface area contributed by atoms with Gasteiger partial charge in [0.05, 0.1) is 39.6 Å². The van der Waals surface area contributed by atoms with Crippen LogP contribution in [0.5, 0.6) is 0 Å². The Balaban J connectivity index is 1.13. The van der Waals surface area contributed by atoms with E-state index in [1.807, 2.05) is 158 Å². The standard InChI is InChI=1S/C48H51N3O9S/c1-61-48-45(55-30-36-23-13-5-14-24-36)44(54-29-35-21-11-4-12-22-35)42(38(58-48)31-52-27-33-17-7-2-8-18-33)60-47-40(50-51-49)43(53-28-34-19-9-3-10-20-34)41-39(57-47)32-56-46(59-41)37-25-15-6-16-26-37/h2-26,38-48H,27-32H2,1H3/t38-,39-,40+,41-,42-,43-,44+,45-,46-,47+,48+/m1/s1. The van der Waals surface area contributed by atoms with Crippen molar-refractivity contribution in [1.29, 1.82) is 0 Å². The average molecular weight is 846 g/mol. The molecule has 13 heteroatoms. The molecule has 0 bridgehead atoms. The number of rotatable bonds is 18. The fraction of sp³-hybridized carbons (Fsp3) is 0.375. The number of ether oxygens (including phenoxy) is 9. The van der Waals surface area contributed by atoms with Crippen LogP contribution in [-0.4, -0.2) is 80.0 Å². The maximum Gasteiger partial charge on any atom is 0.184 e. The third-order valence-electron chi connectivity index (χ3n) is 10.9. The van der Waals surface area contributed by atoms with E-state index < -0.39 is 66.8 Å². The van der Waals surface area contributed by atoms with Gasteiger partial charge in [-0.1, -0.05) is 157 Å². The Morgan fingerprint density at radius 3 is 1.66 bits per heavy atom. The Morgan fingerprint density at radius 1 is 0.607 bits per heavy atom. The lowest BCUT2D eigenvalue weighted by atomic mass is 9.94. The van der Waals surface area contributed by atoms with Crippen molar-refractivity contribution in [3.63, 3.8) is 0 Å². The zero-order valence-corrected chi connectivity index (χ0v) is 34.8. The van der Waals surface area contributed by atoms with Gasteiger partial charge >= 0.3 is 0 Å². The minimum atomic E-state index is -1.13. The molecule has 8 rings (SSSR count). The summed E-state index contributed by atoms with van der Waals surface area (Å²) in [6, 6.07) is 48.5. The molecule has 3 saturated heterocycles. The van der Waals surface area contributed by atoms with Crippen molar-refractivity contribution in [1.82, 2.24) is 0 Å². The second-order valence-electron chi connectivity index (χ2n) is 15.1. The molecule has 3 aliphatic rings. The van der Waals surface area contributed by atoms with Crippen LogP contribution in [0, 0.1) is 0 Å². The van der Waals surface area contributed by atoms with Crippen LogP contribution in [0.3, 0.4) is 0 Å². The molecule has 3 fully saturated rings. The first-order valence-electron chi connectivity index (χ1n) is 20.6. The van der Waals surface area contributed by atoms with E-state index in [2.05, 4.69) is 10.0 Å². The van der Waals surface area contributed by atoms with Gasteiger partial charge in [-0.05, 0) is 34.0 Å². The lowest BCUT2D eigenvalue weighted by molar-refractivity contribution is -0.365. The first kappa shape index (κ1) is 43.1. The summed E-state index contributed by atoms with van der Waals surface area (Å²) in [5.74, 6) is 0. The molecule has 5 aromatic rings. The van der Waals surface area contributed by atoms with E-state index in [9.17, 15) is 5.53 Å². The fourth-order valence-electron chi connectivity index (χ4n) is 7.88. The van der Waals surface area contributed by atoms with Gasteiger partial charge in [-0.15, -0.1) is 11.8 Å². The van der Waals surface area contributed by atoms with Gasteiger partial charge in [0.2, 0.25) is 0 Å². The molecule has 5 aromatic carbocycles. The fourth-order valence-corrected chi connectivity index (χ4v) is 8.64. The van der Waals surface area contributed by atoms with E-state index in [1.54, 1.807) is 0 Å². The number of hydrogen-bond donors (Lipinski definition) is 0. The highest BCUT2D eigenvalue weighted by Crippen LogP contribution is 2.40. The maximum atomic E-state index is 10.1. The summed E-state index contributed by atoms with van der Waals surface area (Å²) in [5.41, 5.74) is 14.5. The van der Waals surface area contributed by atoms with Crippen LogP contribution < -0.4 is 0 Å². The van der Waals surface area contributed by atoms with Gasteiger partial charge in [0.15, 0.2) is 12.6 Å². The monoisotopic (exact) mass is 845 g/mol. The second-order valence-corrected chi connectivity index (χ2v) is 16.0.